The van der Waals surface area contributed by atoms with Gasteiger partial charge in [0, 0.05) is 25.7 Å². The first kappa shape index (κ1) is 9.51. The van der Waals surface area contributed by atoms with Crippen molar-refractivity contribution in [1.82, 2.24) is 4.68 Å². The molecular weight excluding hydrogens is 168 g/mol. The molecule has 0 fully saturated rings. The van der Waals surface area contributed by atoms with Crippen molar-refractivity contribution >= 4 is 5.91 Å². The summed E-state index contributed by atoms with van der Waals surface area (Å²) in [6.07, 6.45) is 1.57. The van der Waals surface area contributed by atoms with Crippen LogP contribution in [0.15, 0.2) is 23.1 Å². The fourth-order valence-corrected chi connectivity index (χ4v) is 0.977. The van der Waals surface area contributed by atoms with E-state index in [1.807, 2.05) is 0 Å². The summed E-state index contributed by atoms with van der Waals surface area (Å²) in [6, 6.07) is 3.45. The molecule has 4 nitrogen and oxygen atoms in total. The van der Waals surface area contributed by atoms with Crippen molar-refractivity contribution in [3.8, 4) is 0 Å². The average molecular weight is 180 g/mol. The third-order valence-corrected chi connectivity index (χ3v) is 1.90. The minimum absolute atomic E-state index is 0.166. The molecule has 4 heteroatoms. The number of nitrogens with zero attached hydrogens (tertiary/aromatic N) is 2. The zero-order chi connectivity index (χ0) is 10.0. The van der Waals surface area contributed by atoms with Gasteiger partial charge >= 0.3 is 0 Å². The average Bonchev–Trinajstić information content (AvgIpc) is 2.08. The van der Waals surface area contributed by atoms with Gasteiger partial charge in [-0.3, -0.25) is 14.6 Å². The van der Waals surface area contributed by atoms with Crippen LogP contribution < -0.4 is 10.6 Å². The molecule has 0 aromatic carbocycles. The fraction of sp³-hybridized carbons (Fsp3) is 0.333. The number of pyridine rings is 1. The zero-order valence-corrected chi connectivity index (χ0v) is 7.94. The maximum absolute atomic E-state index is 11.5. The van der Waals surface area contributed by atoms with Crippen LogP contribution >= 0.6 is 0 Å². The Labute approximate surface area is 76.4 Å². The molecule has 0 radical (unpaired) electrons. The van der Waals surface area contributed by atoms with Gasteiger partial charge in [-0.25, -0.2) is 4.68 Å². The largest absolute Gasteiger partial charge is 0.273 e. The van der Waals surface area contributed by atoms with E-state index in [1.165, 1.54) is 16.6 Å². The molecule has 1 aromatic rings. The number of amides is 1. The highest BCUT2D eigenvalue weighted by atomic mass is 16.2. The van der Waals surface area contributed by atoms with E-state index in [2.05, 4.69) is 0 Å². The van der Waals surface area contributed by atoms with Crippen molar-refractivity contribution in [1.29, 1.82) is 0 Å². The van der Waals surface area contributed by atoms with Gasteiger partial charge in [0.25, 0.3) is 5.56 Å². The fourth-order valence-electron chi connectivity index (χ4n) is 0.977. The van der Waals surface area contributed by atoms with Gasteiger partial charge in [0.1, 0.15) is 0 Å². The van der Waals surface area contributed by atoms with E-state index in [4.69, 9.17) is 0 Å². The summed E-state index contributed by atoms with van der Waals surface area (Å²) in [4.78, 5) is 22.5. The van der Waals surface area contributed by atoms with Crippen molar-refractivity contribution in [2.75, 3.05) is 12.1 Å². The maximum Gasteiger partial charge on any atom is 0.272 e. The molecule has 0 aliphatic heterocycles. The molecule has 1 rings (SSSR count). The van der Waals surface area contributed by atoms with E-state index in [9.17, 15) is 9.59 Å². The molecule has 70 valence electrons. The van der Waals surface area contributed by atoms with Crippen molar-refractivity contribution in [3.63, 3.8) is 0 Å². The summed E-state index contributed by atoms with van der Waals surface area (Å²) >= 11 is 0. The van der Waals surface area contributed by atoms with E-state index in [1.54, 1.807) is 32.3 Å². The lowest BCUT2D eigenvalue weighted by atomic mass is 10.3. The highest BCUT2D eigenvalue weighted by Gasteiger charge is 2.06. The normalized spacial score (nSPS) is 9.77. The predicted octanol–water partition coefficient (Wildman–Crippen LogP) is 0.271. The van der Waals surface area contributed by atoms with Crippen LogP contribution in [0.25, 0.3) is 0 Å². The Morgan fingerprint density at radius 2 is 2.15 bits per heavy atom. The van der Waals surface area contributed by atoms with Crippen LogP contribution in [-0.2, 0) is 4.79 Å². The molecule has 1 aromatic heterocycles. The number of aromatic nitrogens is 1. The molecule has 1 amide bonds. The van der Waals surface area contributed by atoms with Crippen LogP contribution in [0, 0.1) is 6.92 Å². The van der Waals surface area contributed by atoms with Crippen LogP contribution in [-0.4, -0.2) is 17.6 Å². The molecule has 0 unspecified atom stereocenters. The summed E-state index contributed by atoms with van der Waals surface area (Å²) < 4.78 is 1.29. The molecule has 0 saturated carbocycles. The minimum atomic E-state index is -0.173. The van der Waals surface area contributed by atoms with Gasteiger partial charge in [0.15, 0.2) is 0 Å². The number of rotatable bonds is 1. The Hall–Kier alpha value is -1.58. The number of carbonyl (C=O) groups excluding carboxylic acids is 1. The van der Waals surface area contributed by atoms with E-state index in [0.717, 1.165) is 0 Å². The van der Waals surface area contributed by atoms with Crippen LogP contribution in [0.4, 0.5) is 0 Å². The number of hydrogen-bond donors (Lipinski definition) is 0. The van der Waals surface area contributed by atoms with Gasteiger partial charge in [-0.1, -0.05) is 6.07 Å². The Morgan fingerprint density at radius 1 is 1.54 bits per heavy atom. The molecule has 0 atom stereocenters. The number of aryl methyl sites for hydroxylation is 1. The van der Waals surface area contributed by atoms with Gasteiger partial charge in [-0.15, -0.1) is 0 Å². The van der Waals surface area contributed by atoms with Crippen LogP contribution in [0.2, 0.25) is 0 Å². The Morgan fingerprint density at radius 3 is 2.69 bits per heavy atom. The zero-order valence-electron chi connectivity index (χ0n) is 7.94. The van der Waals surface area contributed by atoms with Crippen molar-refractivity contribution < 1.29 is 4.79 Å². The molecule has 0 aliphatic carbocycles. The summed E-state index contributed by atoms with van der Waals surface area (Å²) in [7, 11) is 1.56. The topological polar surface area (TPSA) is 42.3 Å². The van der Waals surface area contributed by atoms with Crippen molar-refractivity contribution in [2.24, 2.45) is 0 Å². The minimum Gasteiger partial charge on any atom is -0.273 e. The first-order chi connectivity index (χ1) is 6.04. The second-order valence-electron chi connectivity index (χ2n) is 2.88. The molecular formula is C9H12N2O2. The maximum atomic E-state index is 11.5. The summed E-state index contributed by atoms with van der Waals surface area (Å²) in [5, 5.41) is 1.27. The third kappa shape index (κ3) is 1.77. The van der Waals surface area contributed by atoms with Gasteiger partial charge in [0.05, 0.1) is 0 Å². The SMILES string of the molecule is CC(=O)N(C)n1cccc(C)c1=O. The highest BCUT2D eigenvalue weighted by Crippen LogP contribution is 1.89. The van der Waals surface area contributed by atoms with Crippen molar-refractivity contribution in [3.05, 3.63) is 34.2 Å². The predicted molar refractivity (Wildman–Crippen MR) is 50.3 cm³/mol. The Bertz CT molecular complexity index is 381. The monoisotopic (exact) mass is 180 g/mol. The number of hydrogen-bond acceptors (Lipinski definition) is 2. The lowest BCUT2D eigenvalue weighted by molar-refractivity contribution is -0.117. The summed E-state index contributed by atoms with van der Waals surface area (Å²) in [6.45, 7) is 3.13. The molecule has 0 saturated heterocycles. The van der Waals surface area contributed by atoms with E-state index >= 15 is 0 Å². The second-order valence-corrected chi connectivity index (χ2v) is 2.88. The van der Waals surface area contributed by atoms with Gasteiger partial charge < -0.3 is 0 Å². The van der Waals surface area contributed by atoms with E-state index < -0.39 is 0 Å². The van der Waals surface area contributed by atoms with Crippen LogP contribution in [0.5, 0.6) is 0 Å². The molecule has 0 spiro atoms. The molecule has 0 bridgehead atoms. The van der Waals surface area contributed by atoms with Gasteiger partial charge in [-0.2, -0.15) is 0 Å². The van der Waals surface area contributed by atoms with Crippen LogP contribution in [0.1, 0.15) is 12.5 Å². The first-order valence-corrected chi connectivity index (χ1v) is 3.97. The van der Waals surface area contributed by atoms with Gasteiger partial charge in [-0.05, 0) is 13.0 Å². The smallest absolute Gasteiger partial charge is 0.272 e. The molecule has 0 aliphatic rings. The van der Waals surface area contributed by atoms with E-state index in [0.29, 0.717) is 5.56 Å². The molecule has 0 N–H and O–H groups in total. The Balaban J connectivity index is 3.23. The first-order valence-electron chi connectivity index (χ1n) is 3.97. The number of carbonyl (C=O) groups is 1. The summed E-state index contributed by atoms with van der Waals surface area (Å²) in [5.74, 6) is -0.173. The lowest BCUT2D eigenvalue weighted by Crippen LogP contribution is -2.42. The van der Waals surface area contributed by atoms with E-state index in [-0.39, 0.29) is 11.5 Å². The van der Waals surface area contributed by atoms with Gasteiger partial charge in [0.2, 0.25) is 5.91 Å². The molecule has 13 heavy (non-hydrogen) atoms. The molecule has 1 heterocycles. The second kappa shape index (κ2) is 3.43. The van der Waals surface area contributed by atoms with Crippen LogP contribution in [0.3, 0.4) is 0 Å². The van der Waals surface area contributed by atoms with Crippen molar-refractivity contribution in [2.45, 2.75) is 13.8 Å². The third-order valence-electron chi connectivity index (χ3n) is 1.90. The quantitative estimate of drug-likeness (QED) is 0.622. The summed E-state index contributed by atoms with van der Waals surface area (Å²) in [5.41, 5.74) is 0.454. The standard InChI is InChI=1S/C9H12N2O2/c1-7-5-4-6-11(9(7)13)10(3)8(2)12/h4-6H,1-3H3. The highest BCUT2D eigenvalue weighted by molar-refractivity contribution is 5.82. The Kier molecular flexibility index (Phi) is 2.51. The lowest BCUT2D eigenvalue weighted by Gasteiger charge is -2.17.